The number of hydrogen-bond donors (Lipinski definition) is 2. The molecule has 0 fully saturated rings. The van der Waals surface area contributed by atoms with Crippen LogP contribution in [0.25, 0.3) is 10.9 Å². The Kier molecular flexibility index (Phi) is 3.44. The molecule has 2 N–H and O–H groups in total. The first-order chi connectivity index (χ1) is 7.66. The van der Waals surface area contributed by atoms with Gasteiger partial charge in [0.25, 0.3) is 0 Å². The van der Waals surface area contributed by atoms with Gasteiger partial charge in [0, 0.05) is 17.1 Å². The van der Waals surface area contributed by atoms with Crippen LogP contribution in [0.5, 0.6) is 5.75 Å². The molecule has 0 amide bonds. The van der Waals surface area contributed by atoms with E-state index in [0.29, 0.717) is 11.0 Å². The molecule has 0 unspecified atom stereocenters. The predicted octanol–water partition coefficient (Wildman–Crippen LogP) is 3.56. The van der Waals surface area contributed by atoms with Crippen molar-refractivity contribution in [1.82, 2.24) is 4.98 Å². The summed E-state index contributed by atoms with van der Waals surface area (Å²) in [5, 5.41) is 11.3. The summed E-state index contributed by atoms with van der Waals surface area (Å²) in [5.41, 5.74) is 2.39. The lowest BCUT2D eigenvalue weighted by molar-refractivity contribution is 0.476. The van der Waals surface area contributed by atoms with Crippen LogP contribution in [-0.2, 0) is 6.42 Å². The fraction of sp³-hybridized carbons (Fsp3) is 0.385. The molecular weight excluding hydrogens is 218 g/mol. The minimum atomic E-state index is 0.338. The Balaban J connectivity index is 2.15. The van der Waals surface area contributed by atoms with Crippen LogP contribution in [-0.4, -0.2) is 21.1 Å². The molecule has 16 heavy (non-hydrogen) atoms. The molecule has 0 bridgehead atoms. The first-order valence-electron chi connectivity index (χ1n) is 5.57. The van der Waals surface area contributed by atoms with E-state index in [-0.39, 0.29) is 0 Å². The molecule has 2 aromatic rings. The first-order valence-corrected chi connectivity index (χ1v) is 6.62. The van der Waals surface area contributed by atoms with E-state index in [0.717, 1.165) is 23.1 Å². The lowest BCUT2D eigenvalue weighted by Gasteiger charge is -2.03. The van der Waals surface area contributed by atoms with Crippen LogP contribution in [0.4, 0.5) is 0 Å². The maximum Gasteiger partial charge on any atom is 0.116 e. The monoisotopic (exact) mass is 235 g/mol. The maximum absolute atomic E-state index is 9.47. The molecule has 2 nitrogen and oxygen atoms in total. The summed E-state index contributed by atoms with van der Waals surface area (Å²) < 4.78 is 0. The standard InChI is InChI=1S/C13H17NOS/c1-9(2)16-6-5-10-8-14-13-4-3-11(15)7-12(10)13/h3-4,7-9,14-15H,5-6H2,1-2H3. The van der Waals surface area contributed by atoms with Crippen LogP contribution in [0.2, 0.25) is 0 Å². The number of hydrogen-bond acceptors (Lipinski definition) is 2. The second-order valence-electron chi connectivity index (χ2n) is 4.21. The molecule has 0 atom stereocenters. The van der Waals surface area contributed by atoms with Crippen LogP contribution in [0.15, 0.2) is 24.4 Å². The van der Waals surface area contributed by atoms with Gasteiger partial charge >= 0.3 is 0 Å². The minimum absolute atomic E-state index is 0.338. The number of aromatic amines is 1. The SMILES string of the molecule is CC(C)SCCc1c[nH]c2ccc(O)cc12. The lowest BCUT2D eigenvalue weighted by Crippen LogP contribution is -1.93. The molecule has 1 aromatic carbocycles. The lowest BCUT2D eigenvalue weighted by atomic mass is 10.1. The molecule has 0 saturated carbocycles. The smallest absolute Gasteiger partial charge is 0.116 e. The number of H-pyrrole nitrogens is 1. The maximum atomic E-state index is 9.47. The second kappa shape index (κ2) is 4.83. The predicted molar refractivity (Wildman–Crippen MR) is 71.3 cm³/mol. The number of thioether (sulfide) groups is 1. The molecule has 0 aliphatic rings. The van der Waals surface area contributed by atoms with Crippen molar-refractivity contribution in [3.8, 4) is 5.75 Å². The summed E-state index contributed by atoms with van der Waals surface area (Å²) >= 11 is 1.97. The molecule has 0 aliphatic heterocycles. The van der Waals surface area contributed by atoms with Crippen LogP contribution < -0.4 is 0 Å². The molecule has 3 heteroatoms. The Morgan fingerprint density at radius 3 is 2.94 bits per heavy atom. The summed E-state index contributed by atoms with van der Waals surface area (Å²) in [5.74, 6) is 1.46. The molecule has 86 valence electrons. The Bertz CT molecular complexity index is 476. The van der Waals surface area contributed by atoms with E-state index in [9.17, 15) is 5.11 Å². The number of benzene rings is 1. The van der Waals surface area contributed by atoms with Gasteiger partial charge in [0.05, 0.1) is 0 Å². The number of aryl methyl sites for hydroxylation is 1. The topological polar surface area (TPSA) is 36.0 Å². The third kappa shape index (κ3) is 2.53. The van der Waals surface area contributed by atoms with E-state index in [1.54, 1.807) is 6.07 Å². The molecule has 0 spiro atoms. The molecular formula is C13H17NOS. The van der Waals surface area contributed by atoms with E-state index in [1.165, 1.54) is 5.56 Å². The van der Waals surface area contributed by atoms with E-state index in [4.69, 9.17) is 0 Å². The molecule has 2 rings (SSSR count). The van der Waals surface area contributed by atoms with E-state index >= 15 is 0 Å². The number of aromatic hydroxyl groups is 1. The van der Waals surface area contributed by atoms with E-state index in [2.05, 4.69) is 18.8 Å². The summed E-state index contributed by atoms with van der Waals surface area (Å²) in [4.78, 5) is 3.23. The normalized spacial score (nSPS) is 11.4. The van der Waals surface area contributed by atoms with Crippen LogP contribution >= 0.6 is 11.8 Å². The van der Waals surface area contributed by atoms with Gasteiger partial charge < -0.3 is 10.1 Å². The van der Waals surface area contributed by atoms with Gasteiger partial charge in [-0.15, -0.1) is 0 Å². The summed E-state index contributed by atoms with van der Waals surface area (Å²) in [7, 11) is 0. The van der Waals surface area contributed by atoms with Crippen molar-refractivity contribution >= 4 is 22.7 Å². The van der Waals surface area contributed by atoms with Crippen molar-refractivity contribution in [3.63, 3.8) is 0 Å². The second-order valence-corrected chi connectivity index (χ2v) is 5.90. The van der Waals surface area contributed by atoms with Gasteiger partial charge in [-0.25, -0.2) is 0 Å². The van der Waals surface area contributed by atoms with Crippen molar-refractivity contribution < 1.29 is 5.11 Å². The molecule has 0 radical (unpaired) electrons. The number of rotatable bonds is 4. The average Bonchev–Trinajstić information content (AvgIpc) is 2.60. The Morgan fingerprint density at radius 1 is 1.38 bits per heavy atom. The Morgan fingerprint density at radius 2 is 2.19 bits per heavy atom. The number of nitrogens with one attached hydrogen (secondary N) is 1. The third-order valence-corrected chi connectivity index (χ3v) is 3.68. The molecule has 0 aliphatic carbocycles. The van der Waals surface area contributed by atoms with Crippen molar-refractivity contribution in [2.45, 2.75) is 25.5 Å². The first kappa shape index (κ1) is 11.4. The highest BCUT2D eigenvalue weighted by Gasteiger charge is 2.04. The van der Waals surface area contributed by atoms with E-state index < -0.39 is 0 Å². The van der Waals surface area contributed by atoms with Crippen molar-refractivity contribution in [2.75, 3.05) is 5.75 Å². The Hall–Kier alpha value is -1.09. The Labute approximate surface area is 100 Å². The summed E-state index contributed by atoms with van der Waals surface area (Å²) in [6, 6.07) is 5.47. The van der Waals surface area contributed by atoms with Gasteiger partial charge in [0.1, 0.15) is 5.75 Å². The van der Waals surface area contributed by atoms with Crippen molar-refractivity contribution in [2.24, 2.45) is 0 Å². The molecule has 1 aromatic heterocycles. The van der Waals surface area contributed by atoms with Crippen LogP contribution in [0.3, 0.4) is 0 Å². The largest absolute Gasteiger partial charge is 0.508 e. The average molecular weight is 235 g/mol. The highest BCUT2D eigenvalue weighted by molar-refractivity contribution is 7.99. The molecule has 1 heterocycles. The van der Waals surface area contributed by atoms with Gasteiger partial charge in [0.15, 0.2) is 0 Å². The number of phenolic OH excluding ortho intramolecular Hbond substituents is 1. The highest BCUT2D eigenvalue weighted by atomic mass is 32.2. The fourth-order valence-electron chi connectivity index (χ4n) is 1.78. The number of phenols is 1. The van der Waals surface area contributed by atoms with Crippen LogP contribution in [0, 0.1) is 0 Å². The zero-order valence-corrected chi connectivity index (χ0v) is 10.5. The van der Waals surface area contributed by atoms with Gasteiger partial charge in [0.2, 0.25) is 0 Å². The van der Waals surface area contributed by atoms with Gasteiger partial charge in [-0.2, -0.15) is 11.8 Å². The zero-order chi connectivity index (χ0) is 11.5. The number of fused-ring (bicyclic) bond motifs is 1. The van der Waals surface area contributed by atoms with E-state index in [1.807, 2.05) is 30.1 Å². The van der Waals surface area contributed by atoms with Gasteiger partial charge in [-0.05, 0) is 41.2 Å². The molecule has 0 saturated heterocycles. The third-order valence-electron chi connectivity index (χ3n) is 2.57. The summed E-state index contributed by atoms with van der Waals surface area (Å²) in [6.07, 6.45) is 3.09. The van der Waals surface area contributed by atoms with Crippen molar-refractivity contribution in [3.05, 3.63) is 30.0 Å². The zero-order valence-electron chi connectivity index (χ0n) is 9.66. The highest BCUT2D eigenvalue weighted by Crippen LogP contribution is 2.24. The van der Waals surface area contributed by atoms with Gasteiger partial charge in [-0.1, -0.05) is 13.8 Å². The minimum Gasteiger partial charge on any atom is -0.508 e. The van der Waals surface area contributed by atoms with Gasteiger partial charge in [-0.3, -0.25) is 0 Å². The summed E-state index contributed by atoms with van der Waals surface area (Å²) in [6.45, 7) is 4.43. The fourth-order valence-corrected chi connectivity index (χ4v) is 2.59. The van der Waals surface area contributed by atoms with Crippen LogP contribution in [0.1, 0.15) is 19.4 Å². The van der Waals surface area contributed by atoms with Crippen molar-refractivity contribution in [1.29, 1.82) is 0 Å². The quantitative estimate of drug-likeness (QED) is 0.850. The number of aromatic nitrogens is 1.